The molecule has 1 rings (SSSR count). The van der Waals surface area contributed by atoms with Crippen LogP contribution in [0.5, 0.6) is 0 Å². The number of ether oxygens (including phenoxy) is 1. The molecule has 0 radical (unpaired) electrons. The van der Waals surface area contributed by atoms with Gasteiger partial charge in [0.15, 0.2) is 0 Å². The zero-order chi connectivity index (χ0) is 16.2. The number of morpholine rings is 1. The molecule has 0 bridgehead atoms. The number of carboxylic acid groups (broad SMARTS) is 1. The number of hydrogen-bond donors (Lipinski definition) is 2. The van der Waals surface area contributed by atoms with Crippen LogP contribution in [0.4, 0.5) is 0 Å². The molecule has 0 aromatic carbocycles. The SMILES string of the molecule is CC(NC(=O)C(C(=O)O)C(C)(C)C)C(=O)N1CCOCC1. The molecule has 7 nitrogen and oxygen atoms in total. The molecular formula is C14H24N2O5. The van der Waals surface area contributed by atoms with Crippen molar-refractivity contribution in [2.24, 2.45) is 11.3 Å². The number of amides is 2. The van der Waals surface area contributed by atoms with Crippen molar-refractivity contribution in [1.82, 2.24) is 10.2 Å². The van der Waals surface area contributed by atoms with Crippen LogP contribution in [0.2, 0.25) is 0 Å². The summed E-state index contributed by atoms with van der Waals surface area (Å²) < 4.78 is 5.17. The predicted octanol–water partition coefficient (Wildman–Crippen LogP) is 0.0968. The van der Waals surface area contributed by atoms with Gasteiger partial charge in [-0.05, 0) is 12.3 Å². The van der Waals surface area contributed by atoms with Crippen LogP contribution in [-0.2, 0) is 19.1 Å². The first kappa shape index (κ1) is 17.4. The molecule has 2 amide bonds. The van der Waals surface area contributed by atoms with E-state index < -0.39 is 29.3 Å². The van der Waals surface area contributed by atoms with E-state index in [-0.39, 0.29) is 5.91 Å². The number of rotatable bonds is 4. The number of carboxylic acids is 1. The predicted molar refractivity (Wildman–Crippen MR) is 75.6 cm³/mol. The van der Waals surface area contributed by atoms with Gasteiger partial charge in [0, 0.05) is 13.1 Å². The summed E-state index contributed by atoms with van der Waals surface area (Å²) in [5.74, 6) is -3.24. The Balaban J connectivity index is 2.67. The lowest BCUT2D eigenvalue weighted by Crippen LogP contribution is -2.53. The second-order valence-electron chi connectivity index (χ2n) is 6.31. The summed E-state index contributed by atoms with van der Waals surface area (Å²) >= 11 is 0. The van der Waals surface area contributed by atoms with Crippen LogP contribution in [0.15, 0.2) is 0 Å². The van der Waals surface area contributed by atoms with Crippen LogP contribution in [0, 0.1) is 11.3 Å². The maximum Gasteiger partial charge on any atom is 0.316 e. The van der Waals surface area contributed by atoms with E-state index in [1.807, 2.05) is 0 Å². The second kappa shape index (κ2) is 6.89. The highest BCUT2D eigenvalue weighted by Gasteiger charge is 2.39. The number of nitrogens with one attached hydrogen (secondary N) is 1. The summed E-state index contributed by atoms with van der Waals surface area (Å²) in [4.78, 5) is 37.2. The monoisotopic (exact) mass is 300 g/mol. The summed E-state index contributed by atoms with van der Waals surface area (Å²) in [5, 5.41) is 11.7. The third kappa shape index (κ3) is 4.70. The molecule has 1 aliphatic heterocycles. The number of carbonyl (C=O) groups excluding carboxylic acids is 2. The first-order valence-corrected chi connectivity index (χ1v) is 7.04. The lowest BCUT2D eigenvalue weighted by molar-refractivity contribution is -0.153. The Morgan fingerprint density at radius 3 is 2.14 bits per heavy atom. The maximum absolute atomic E-state index is 12.2. The van der Waals surface area contributed by atoms with Crippen molar-refractivity contribution in [3.05, 3.63) is 0 Å². The Kier molecular flexibility index (Phi) is 5.71. The van der Waals surface area contributed by atoms with E-state index in [4.69, 9.17) is 4.74 Å². The molecule has 1 fully saturated rings. The lowest BCUT2D eigenvalue weighted by atomic mass is 9.80. The van der Waals surface area contributed by atoms with Gasteiger partial charge in [-0.15, -0.1) is 0 Å². The van der Waals surface area contributed by atoms with Gasteiger partial charge in [0.2, 0.25) is 11.8 Å². The molecule has 0 spiro atoms. The fourth-order valence-electron chi connectivity index (χ4n) is 2.29. The fraction of sp³-hybridized carbons (Fsp3) is 0.786. The number of hydrogen-bond acceptors (Lipinski definition) is 4. The Morgan fingerprint density at radius 1 is 1.19 bits per heavy atom. The number of carbonyl (C=O) groups is 3. The van der Waals surface area contributed by atoms with E-state index in [1.54, 1.807) is 32.6 Å². The standard InChI is InChI=1S/C14H24N2O5/c1-9(12(18)16-5-7-21-8-6-16)15-11(17)10(13(19)20)14(2,3)4/h9-10H,5-8H2,1-4H3,(H,15,17)(H,19,20). The van der Waals surface area contributed by atoms with Gasteiger partial charge in [0.1, 0.15) is 12.0 Å². The lowest BCUT2D eigenvalue weighted by Gasteiger charge is -2.31. The highest BCUT2D eigenvalue weighted by molar-refractivity contribution is 5.99. The van der Waals surface area contributed by atoms with Crippen molar-refractivity contribution in [2.75, 3.05) is 26.3 Å². The summed E-state index contributed by atoms with van der Waals surface area (Å²) in [6, 6.07) is -0.750. The Bertz CT molecular complexity index is 410. The average molecular weight is 300 g/mol. The van der Waals surface area contributed by atoms with E-state index in [9.17, 15) is 19.5 Å². The van der Waals surface area contributed by atoms with E-state index in [0.717, 1.165) is 0 Å². The number of aliphatic carboxylic acids is 1. The summed E-state index contributed by atoms with van der Waals surface area (Å²) in [6.45, 7) is 8.54. The van der Waals surface area contributed by atoms with Gasteiger partial charge in [-0.25, -0.2) is 0 Å². The minimum atomic E-state index is -1.20. The molecule has 0 aromatic heterocycles. The largest absolute Gasteiger partial charge is 0.481 e. The Labute approximate surface area is 124 Å². The highest BCUT2D eigenvalue weighted by atomic mass is 16.5. The Morgan fingerprint density at radius 2 is 1.71 bits per heavy atom. The molecule has 120 valence electrons. The molecule has 0 saturated carbocycles. The number of nitrogens with zero attached hydrogens (tertiary/aromatic N) is 1. The smallest absolute Gasteiger partial charge is 0.316 e. The van der Waals surface area contributed by atoms with Gasteiger partial charge in [-0.1, -0.05) is 20.8 Å². The molecule has 1 aliphatic rings. The third-order valence-electron chi connectivity index (χ3n) is 3.43. The first-order chi connectivity index (χ1) is 9.64. The molecule has 0 aromatic rings. The average Bonchev–Trinajstić information content (AvgIpc) is 2.36. The summed E-state index contributed by atoms with van der Waals surface area (Å²) in [5.41, 5.74) is -0.725. The first-order valence-electron chi connectivity index (χ1n) is 7.04. The van der Waals surface area contributed by atoms with E-state index in [1.165, 1.54) is 0 Å². The fourth-order valence-corrected chi connectivity index (χ4v) is 2.29. The van der Waals surface area contributed by atoms with Gasteiger partial charge in [-0.2, -0.15) is 0 Å². The molecule has 7 heteroatoms. The van der Waals surface area contributed by atoms with Crippen LogP contribution in [0.1, 0.15) is 27.7 Å². The van der Waals surface area contributed by atoms with Gasteiger partial charge < -0.3 is 20.1 Å². The molecule has 21 heavy (non-hydrogen) atoms. The van der Waals surface area contributed by atoms with Crippen molar-refractivity contribution in [1.29, 1.82) is 0 Å². The second-order valence-corrected chi connectivity index (χ2v) is 6.31. The van der Waals surface area contributed by atoms with Gasteiger partial charge in [0.25, 0.3) is 0 Å². The quantitative estimate of drug-likeness (QED) is 0.718. The molecular weight excluding hydrogens is 276 g/mol. The van der Waals surface area contributed by atoms with E-state index in [2.05, 4.69) is 5.32 Å². The van der Waals surface area contributed by atoms with Gasteiger partial charge in [0.05, 0.1) is 13.2 Å². The van der Waals surface area contributed by atoms with Crippen molar-refractivity contribution in [3.63, 3.8) is 0 Å². The topological polar surface area (TPSA) is 95.9 Å². The molecule has 2 atom stereocenters. The van der Waals surface area contributed by atoms with E-state index >= 15 is 0 Å². The van der Waals surface area contributed by atoms with Crippen LogP contribution < -0.4 is 5.32 Å². The highest BCUT2D eigenvalue weighted by Crippen LogP contribution is 2.26. The van der Waals surface area contributed by atoms with Crippen molar-refractivity contribution < 1.29 is 24.2 Å². The van der Waals surface area contributed by atoms with E-state index in [0.29, 0.717) is 26.3 Å². The van der Waals surface area contributed by atoms with Crippen molar-refractivity contribution >= 4 is 17.8 Å². The summed E-state index contributed by atoms with van der Waals surface area (Å²) in [6.07, 6.45) is 0. The molecule has 2 N–H and O–H groups in total. The molecule has 2 unspecified atom stereocenters. The maximum atomic E-state index is 12.2. The van der Waals surface area contributed by atoms with Crippen LogP contribution in [-0.4, -0.2) is 60.1 Å². The third-order valence-corrected chi connectivity index (χ3v) is 3.43. The minimum Gasteiger partial charge on any atom is -0.481 e. The van der Waals surface area contributed by atoms with Gasteiger partial charge in [-0.3, -0.25) is 14.4 Å². The summed E-state index contributed by atoms with van der Waals surface area (Å²) in [7, 11) is 0. The van der Waals surface area contributed by atoms with Gasteiger partial charge >= 0.3 is 5.97 Å². The van der Waals surface area contributed by atoms with Crippen LogP contribution in [0.3, 0.4) is 0 Å². The zero-order valence-electron chi connectivity index (χ0n) is 13.0. The normalized spacial score (nSPS) is 18.8. The molecule has 1 heterocycles. The van der Waals surface area contributed by atoms with Crippen molar-refractivity contribution in [3.8, 4) is 0 Å². The van der Waals surface area contributed by atoms with Crippen molar-refractivity contribution in [2.45, 2.75) is 33.7 Å². The van der Waals surface area contributed by atoms with Crippen LogP contribution >= 0.6 is 0 Å². The minimum absolute atomic E-state index is 0.218. The molecule has 0 aliphatic carbocycles. The Hall–Kier alpha value is -1.63. The molecule has 1 saturated heterocycles. The van der Waals surface area contributed by atoms with Crippen LogP contribution in [0.25, 0.3) is 0 Å². The zero-order valence-corrected chi connectivity index (χ0v) is 13.0.